The lowest BCUT2D eigenvalue weighted by molar-refractivity contribution is 0.812. The molecule has 0 spiro atoms. The summed E-state index contributed by atoms with van der Waals surface area (Å²) in [4.78, 5) is 17.8. The van der Waals surface area contributed by atoms with E-state index >= 15 is 0 Å². The van der Waals surface area contributed by atoms with Gasteiger partial charge in [0.2, 0.25) is 0 Å². The van der Waals surface area contributed by atoms with Crippen LogP contribution >= 0.6 is 11.8 Å². The Hall–Kier alpha value is -2.58. The minimum atomic E-state index is -0.297. The number of fused-ring (bicyclic) bond motifs is 1. The highest BCUT2D eigenvalue weighted by Gasteiger charge is 2.17. The third-order valence-electron chi connectivity index (χ3n) is 3.81. The third kappa shape index (κ3) is 2.93. The quantitative estimate of drug-likeness (QED) is 0.536. The zero-order valence-electron chi connectivity index (χ0n) is 13.8. The lowest BCUT2D eigenvalue weighted by atomic mass is 10.1. The van der Waals surface area contributed by atoms with Crippen LogP contribution in [-0.2, 0) is 0 Å². The Morgan fingerprint density at radius 3 is 2.71 bits per heavy atom. The van der Waals surface area contributed by atoms with Gasteiger partial charge in [-0.25, -0.2) is 4.98 Å². The van der Waals surface area contributed by atoms with Crippen LogP contribution in [0.15, 0.2) is 52.4 Å². The maximum Gasteiger partial charge on any atom is 0.266 e. The van der Waals surface area contributed by atoms with Crippen molar-refractivity contribution in [3.63, 3.8) is 0 Å². The van der Waals surface area contributed by atoms with E-state index in [1.165, 1.54) is 11.8 Å². The lowest BCUT2D eigenvalue weighted by Crippen LogP contribution is -2.23. The summed E-state index contributed by atoms with van der Waals surface area (Å²) in [6.07, 6.45) is 0. The molecule has 0 unspecified atom stereocenters. The number of para-hydroxylation sites is 1. The van der Waals surface area contributed by atoms with Gasteiger partial charge in [-0.3, -0.25) is 9.36 Å². The molecule has 0 bridgehead atoms. The molecule has 0 fully saturated rings. The Kier molecular flexibility index (Phi) is 4.41. The van der Waals surface area contributed by atoms with Gasteiger partial charge in [0.1, 0.15) is 0 Å². The van der Waals surface area contributed by atoms with Crippen LogP contribution in [0.3, 0.4) is 0 Å². The SMILES string of the molecule is Cc1ccc(C)c(-n2c(S[C@@H](C)C#N)nc3ccccc3c2=O)c1. The monoisotopic (exact) mass is 335 g/mol. The van der Waals surface area contributed by atoms with E-state index < -0.39 is 0 Å². The molecule has 1 aromatic heterocycles. The molecule has 120 valence electrons. The highest BCUT2D eigenvalue weighted by Crippen LogP contribution is 2.26. The van der Waals surface area contributed by atoms with E-state index in [1.807, 2.05) is 50.2 Å². The summed E-state index contributed by atoms with van der Waals surface area (Å²) in [5, 5.41) is 9.98. The molecule has 0 radical (unpaired) electrons. The molecule has 3 rings (SSSR count). The summed E-state index contributed by atoms with van der Waals surface area (Å²) in [5.74, 6) is 0. The van der Waals surface area contributed by atoms with Gasteiger partial charge < -0.3 is 0 Å². The molecule has 24 heavy (non-hydrogen) atoms. The first-order valence-electron chi connectivity index (χ1n) is 7.67. The Bertz CT molecular complexity index is 1020. The fourth-order valence-electron chi connectivity index (χ4n) is 2.55. The fourth-order valence-corrected chi connectivity index (χ4v) is 3.36. The van der Waals surface area contributed by atoms with E-state index in [0.717, 1.165) is 16.8 Å². The number of thioether (sulfide) groups is 1. The third-order valence-corrected chi connectivity index (χ3v) is 4.76. The van der Waals surface area contributed by atoms with Crippen molar-refractivity contribution in [3.05, 3.63) is 63.9 Å². The molecule has 0 saturated carbocycles. The smallest absolute Gasteiger partial charge is 0.266 e. The lowest BCUT2D eigenvalue weighted by Gasteiger charge is -2.16. The van der Waals surface area contributed by atoms with E-state index in [4.69, 9.17) is 5.26 Å². The summed E-state index contributed by atoms with van der Waals surface area (Å²) >= 11 is 1.30. The van der Waals surface area contributed by atoms with Gasteiger partial charge in [0.05, 0.1) is 27.9 Å². The van der Waals surface area contributed by atoms with E-state index in [1.54, 1.807) is 17.6 Å². The molecule has 4 nitrogen and oxygen atoms in total. The van der Waals surface area contributed by atoms with E-state index in [0.29, 0.717) is 16.1 Å². The number of hydrogen-bond acceptors (Lipinski definition) is 4. The minimum Gasteiger partial charge on any atom is -0.268 e. The summed E-state index contributed by atoms with van der Waals surface area (Å²) < 4.78 is 1.63. The average Bonchev–Trinajstić information content (AvgIpc) is 2.58. The van der Waals surface area contributed by atoms with Gasteiger partial charge in [-0.05, 0) is 50.1 Å². The average molecular weight is 335 g/mol. The maximum atomic E-state index is 13.1. The second-order valence-electron chi connectivity index (χ2n) is 5.73. The Morgan fingerprint density at radius 2 is 1.96 bits per heavy atom. The molecule has 0 N–H and O–H groups in total. The van der Waals surface area contributed by atoms with Crippen molar-refractivity contribution in [2.24, 2.45) is 0 Å². The highest BCUT2D eigenvalue weighted by atomic mass is 32.2. The number of benzene rings is 2. The zero-order valence-corrected chi connectivity index (χ0v) is 14.6. The van der Waals surface area contributed by atoms with Crippen molar-refractivity contribution in [1.82, 2.24) is 9.55 Å². The molecule has 0 aliphatic heterocycles. The first kappa shape index (κ1) is 16.3. The molecule has 1 atom stereocenters. The van der Waals surface area contributed by atoms with Crippen LogP contribution in [0.5, 0.6) is 0 Å². The van der Waals surface area contributed by atoms with Crippen LogP contribution < -0.4 is 5.56 Å². The molecule has 2 aromatic carbocycles. The molecule has 0 amide bonds. The Morgan fingerprint density at radius 1 is 1.21 bits per heavy atom. The number of aryl methyl sites for hydroxylation is 2. The second-order valence-corrected chi connectivity index (χ2v) is 7.04. The van der Waals surface area contributed by atoms with Gasteiger partial charge in [-0.2, -0.15) is 5.26 Å². The Balaban J connectivity index is 2.37. The first-order chi connectivity index (χ1) is 11.5. The van der Waals surface area contributed by atoms with Gasteiger partial charge in [-0.15, -0.1) is 0 Å². The first-order valence-corrected chi connectivity index (χ1v) is 8.55. The van der Waals surface area contributed by atoms with Crippen molar-refractivity contribution in [1.29, 1.82) is 5.26 Å². The van der Waals surface area contributed by atoms with Crippen molar-refractivity contribution in [2.75, 3.05) is 0 Å². The predicted molar refractivity (Wildman–Crippen MR) is 97.7 cm³/mol. The standard InChI is InChI=1S/C19H17N3OS/c1-12-8-9-13(2)17(10-12)22-18(23)15-6-4-5-7-16(15)21-19(22)24-14(3)11-20/h4-10,14H,1-3H3/t14-/m0/s1. The zero-order chi connectivity index (χ0) is 17.3. The second kappa shape index (κ2) is 6.50. The molecule has 1 heterocycles. The largest absolute Gasteiger partial charge is 0.268 e. The highest BCUT2D eigenvalue weighted by molar-refractivity contribution is 8.00. The van der Waals surface area contributed by atoms with Crippen LogP contribution in [-0.4, -0.2) is 14.8 Å². The Labute approximate surface area is 144 Å². The summed E-state index contributed by atoms with van der Waals surface area (Å²) in [5.41, 5.74) is 3.41. The van der Waals surface area contributed by atoms with Crippen molar-refractivity contribution in [2.45, 2.75) is 31.2 Å². The minimum absolute atomic E-state index is 0.109. The van der Waals surface area contributed by atoms with Crippen molar-refractivity contribution >= 4 is 22.7 Å². The molecular formula is C19H17N3OS. The van der Waals surface area contributed by atoms with E-state index in [2.05, 4.69) is 11.1 Å². The molecule has 5 heteroatoms. The van der Waals surface area contributed by atoms with Crippen LogP contribution in [0.1, 0.15) is 18.1 Å². The van der Waals surface area contributed by atoms with Gasteiger partial charge in [0, 0.05) is 0 Å². The molecular weight excluding hydrogens is 318 g/mol. The fraction of sp³-hybridized carbons (Fsp3) is 0.211. The van der Waals surface area contributed by atoms with Crippen molar-refractivity contribution < 1.29 is 0 Å². The molecule has 0 aliphatic carbocycles. The van der Waals surface area contributed by atoms with Crippen molar-refractivity contribution in [3.8, 4) is 11.8 Å². The van der Waals surface area contributed by atoms with Crippen LogP contribution in [0, 0.1) is 25.2 Å². The number of rotatable bonds is 3. The molecule has 0 saturated heterocycles. The van der Waals surface area contributed by atoms with Gasteiger partial charge in [0.25, 0.3) is 5.56 Å². The molecule has 0 aliphatic rings. The van der Waals surface area contributed by atoms with Crippen LogP contribution in [0.25, 0.3) is 16.6 Å². The van der Waals surface area contributed by atoms with Crippen LogP contribution in [0.4, 0.5) is 0 Å². The predicted octanol–water partition coefficient (Wildman–Crippen LogP) is 4.01. The van der Waals surface area contributed by atoms with E-state index in [9.17, 15) is 4.79 Å². The summed E-state index contributed by atoms with van der Waals surface area (Å²) in [6, 6.07) is 15.5. The number of nitrogens with zero attached hydrogens (tertiary/aromatic N) is 3. The van der Waals surface area contributed by atoms with E-state index in [-0.39, 0.29) is 10.8 Å². The van der Waals surface area contributed by atoms with Gasteiger partial charge in [-0.1, -0.05) is 36.0 Å². The van der Waals surface area contributed by atoms with Gasteiger partial charge >= 0.3 is 0 Å². The van der Waals surface area contributed by atoms with Crippen LogP contribution in [0.2, 0.25) is 0 Å². The molecule has 3 aromatic rings. The maximum absolute atomic E-state index is 13.1. The summed E-state index contributed by atoms with van der Waals surface area (Å²) in [6.45, 7) is 5.77. The number of nitriles is 1. The number of hydrogen-bond donors (Lipinski definition) is 0. The van der Waals surface area contributed by atoms with Gasteiger partial charge in [0.15, 0.2) is 5.16 Å². The number of aromatic nitrogens is 2. The topological polar surface area (TPSA) is 58.7 Å². The normalized spacial score (nSPS) is 12.1. The summed E-state index contributed by atoms with van der Waals surface area (Å²) in [7, 11) is 0.